The summed E-state index contributed by atoms with van der Waals surface area (Å²) in [6.07, 6.45) is 1.35. The van der Waals surface area contributed by atoms with Crippen molar-refractivity contribution in [3.63, 3.8) is 0 Å². The second-order valence-electron chi connectivity index (χ2n) is 8.44. The number of hydrogen-bond acceptors (Lipinski definition) is 4. The minimum absolute atomic E-state index is 0.0544. The first-order valence-corrected chi connectivity index (χ1v) is 11.5. The molecular weight excluding hydrogens is 404 g/mol. The first kappa shape index (κ1) is 22.3. The average molecular weight is 437 g/mol. The van der Waals surface area contributed by atoms with Crippen molar-refractivity contribution in [3.05, 3.63) is 66.2 Å². The van der Waals surface area contributed by atoms with Gasteiger partial charge in [-0.1, -0.05) is 48.5 Å². The van der Waals surface area contributed by atoms with Crippen LogP contribution in [0.1, 0.15) is 24.4 Å². The van der Waals surface area contributed by atoms with Gasteiger partial charge in [0.05, 0.1) is 19.3 Å². The highest BCUT2D eigenvalue weighted by atomic mass is 16.5. The molecule has 170 valence electrons. The molecule has 32 heavy (non-hydrogen) atoms. The monoisotopic (exact) mass is 436 g/mol. The molecule has 3 amide bonds. The van der Waals surface area contributed by atoms with Gasteiger partial charge in [0.2, 0.25) is 5.91 Å². The molecule has 2 aliphatic heterocycles. The lowest BCUT2D eigenvalue weighted by molar-refractivity contribution is -0.127. The predicted octanol–water partition coefficient (Wildman–Crippen LogP) is 3.12. The molecule has 2 aliphatic rings. The highest BCUT2D eigenvalue weighted by Gasteiger charge is 2.29. The van der Waals surface area contributed by atoms with Gasteiger partial charge in [-0.25, -0.2) is 4.79 Å². The lowest BCUT2D eigenvalue weighted by Gasteiger charge is -2.34. The molecule has 2 heterocycles. The predicted molar refractivity (Wildman–Crippen MR) is 124 cm³/mol. The topological polar surface area (TPSA) is 73.9 Å². The highest BCUT2D eigenvalue weighted by molar-refractivity contribution is 5.89. The van der Waals surface area contributed by atoms with E-state index >= 15 is 0 Å². The molecule has 2 fully saturated rings. The van der Waals surface area contributed by atoms with E-state index in [1.54, 1.807) is 4.90 Å². The minimum Gasteiger partial charge on any atom is -0.379 e. The van der Waals surface area contributed by atoms with Gasteiger partial charge in [-0.15, -0.1) is 0 Å². The van der Waals surface area contributed by atoms with Crippen molar-refractivity contribution in [1.29, 1.82) is 0 Å². The second-order valence-corrected chi connectivity index (χ2v) is 8.44. The number of nitrogens with zero attached hydrogens (tertiary/aromatic N) is 2. The Morgan fingerprint density at radius 2 is 1.53 bits per heavy atom. The van der Waals surface area contributed by atoms with Crippen LogP contribution in [0.3, 0.4) is 0 Å². The van der Waals surface area contributed by atoms with E-state index in [1.165, 1.54) is 0 Å². The quantitative estimate of drug-likeness (QED) is 0.730. The van der Waals surface area contributed by atoms with Crippen LogP contribution in [0.25, 0.3) is 0 Å². The molecule has 7 heteroatoms. The van der Waals surface area contributed by atoms with E-state index in [4.69, 9.17) is 4.74 Å². The molecule has 4 rings (SSSR count). The summed E-state index contributed by atoms with van der Waals surface area (Å²) in [5.41, 5.74) is 1.90. The van der Waals surface area contributed by atoms with Gasteiger partial charge in [0.25, 0.3) is 0 Å². The number of rotatable bonds is 6. The molecular formula is C25H32N4O3. The number of amides is 3. The SMILES string of the molecule is O=C(N[C@@H](CN1CCOCC1)c1ccccc1)C1CCN(C(=O)Nc2ccccc2)CC1. The zero-order chi connectivity index (χ0) is 22.2. The third-order valence-corrected chi connectivity index (χ3v) is 6.24. The maximum Gasteiger partial charge on any atom is 0.321 e. The van der Waals surface area contributed by atoms with E-state index in [9.17, 15) is 9.59 Å². The smallest absolute Gasteiger partial charge is 0.321 e. The van der Waals surface area contributed by atoms with Gasteiger partial charge in [-0.05, 0) is 30.5 Å². The van der Waals surface area contributed by atoms with Crippen molar-refractivity contribution >= 4 is 17.6 Å². The molecule has 0 aliphatic carbocycles. The molecule has 0 bridgehead atoms. The van der Waals surface area contributed by atoms with Gasteiger partial charge in [0.1, 0.15) is 0 Å². The zero-order valence-corrected chi connectivity index (χ0v) is 18.4. The molecule has 2 N–H and O–H groups in total. The van der Waals surface area contributed by atoms with E-state index in [0.717, 1.165) is 44.1 Å². The normalized spacial score (nSPS) is 18.7. The van der Waals surface area contributed by atoms with Crippen LogP contribution in [0.15, 0.2) is 60.7 Å². The van der Waals surface area contributed by atoms with Gasteiger partial charge in [-0.2, -0.15) is 0 Å². The summed E-state index contributed by atoms with van der Waals surface area (Å²) in [5.74, 6) is 0.00177. The number of piperidine rings is 1. The van der Waals surface area contributed by atoms with Crippen molar-refractivity contribution < 1.29 is 14.3 Å². The number of hydrogen-bond donors (Lipinski definition) is 2. The number of benzene rings is 2. The van der Waals surface area contributed by atoms with Crippen molar-refractivity contribution in [3.8, 4) is 0 Å². The van der Waals surface area contributed by atoms with Crippen molar-refractivity contribution in [2.45, 2.75) is 18.9 Å². The van der Waals surface area contributed by atoms with Crippen LogP contribution in [0, 0.1) is 5.92 Å². The third kappa shape index (κ3) is 6.08. The first-order chi connectivity index (χ1) is 15.7. The number of urea groups is 1. The van der Waals surface area contributed by atoms with Gasteiger partial charge < -0.3 is 20.3 Å². The first-order valence-electron chi connectivity index (χ1n) is 11.5. The van der Waals surface area contributed by atoms with Crippen molar-refractivity contribution in [2.24, 2.45) is 5.92 Å². The molecule has 0 saturated carbocycles. The van der Waals surface area contributed by atoms with Crippen LogP contribution < -0.4 is 10.6 Å². The highest BCUT2D eigenvalue weighted by Crippen LogP contribution is 2.21. The summed E-state index contributed by atoms with van der Waals surface area (Å²) in [5, 5.41) is 6.22. The third-order valence-electron chi connectivity index (χ3n) is 6.24. The second kappa shape index (κ2) is 11.1. The standard InChI is InChI=1S/C25H32N4O3/c30-24(21-11-13-29(14-12-21)25(31)26-22-9-5-2-6-10-22)27-23(20-7-3-1-4-8-20)19-28-15-17-32-18-16-28/h1-10,21,23H,11-19H2,(H,26,31)(H,27,30)/t23-/m0/s1. The Morgan fingerprint density at radius 1 is 0.906 bits per heavy atom. The van der Waals surface area contributed by atoms with Gasteiger partial charge >= 0.3 is 6.03 Å². The Balaban J connectivity index is 1.31. The summed E-state index contributed by atoms with van der Waals surface area (Å²) in [7, 11) is 0. The number of nitrogens with one attached hydrogen (secondary N) is 2. The maximum absolute atomic E-state index is 13.1. The number of para-hydroxylation sites is 1. The van der Waals surface area contributed by atoms with E-state index in [-0.39, 0.29) is 23.9 Å². The number of carbonyl (C=O) groups excluding carboxylic acids is 2. The molecule has 7 nitrogen and oxygen atoms in total. The van der Waals surface area contributed by atoms with Gasteiger partial charge in [0.15, 0.2) is 0 Å². The van der Waals surface area contributed by atoms with Gasteiger partial charge in [-0.3, -0.25) is 9.69 Å². The fourth-order valence-corrected chi connectivity index (χ4v) is 4.32. The lowest BCUT2D eigenvalue weighted by atomic mass is 9.95. The largest absolute Gasteiger partial charge is 0.379 e. The average Bonchev–Trinajstić information content (AvgIpc) is 2.85. The van der Waals surface area contributed by atoms with Crippen LogP contribution in [-0.4, -0.2) is 67.7 Å². The van der Waals surface area contributed by atoms with E-state index in [1.807, 2.05) is 48.5 Å². The number of morpholine rings is 1. The van der Waals surface area contributed by atoms with E-state index < -0.39 is 0 Å². The molecule has 2 aromatic rings. The van der Waals surface area contributed by atoms with Crippen LogP contribution >= 0.6 is 0 Å². The fraction of sp³-hybridized carbons (Fsp3) is 0.440. The molecule has 0 aromatic heterocycles. The maximum atomic E-state index is 13.1. The minimum atomic E-state index is -0.107. The van der Waals surface area contributed by atoms with Gasteiger partial charge in [0, 0.05) is 44.3 Å². The van der Waals surface area contributed by atoms with E-state index in [0.29, 0.717) is 25.9 Å². The Hall–Kier alpha value is -2.90. The Kier molecular flexibility index (Phi) is 7.74. The summed E-state index contributed by atoms with van der Waals surface area (Å²) in [4.78, 5) is 29.8. The molecule has 1 atom stereocenters. The number of anilines is 1. The lowest BCUT2D eigenvalue weighted by Crippen LogP contribution is -2.47. The Labute approximate surface area is 189 Å². The zero-order valence-electron chi connectivity index (χ0n) is 18.4. The van der Waals surface area contributed by atoms with Crippen molar-refractivity contribution in [2.75, 3.05) is 51.3 Å². The molecule has 2 aromatic carbocycles. The summed E-state index contributed by atoms with van der Waals surface area (Å²) < 4.78 is 5.46. The molecule has 0 unspecified atom stereocenters. The molecule has 2 saturated heterocycles. The van der Waals surface area contributed by atoms with Crippen LogP contribution in [0.2, 0.25) is 0 Å². The summed E-state index contributed by atoms with van der Waals surface area (Å²) in [6, 6.07) is 19.4. The summed E-state index contributed by atoms with van der Waals surface area (Å²) >= 11 is 0. The molecule has 0 spiro atoms. The van der Waals surface area contributed by atoms with Crippen molar-refractivity contribution in [1.82, 2.24) is 15.1 Å². The van der Waals surface area contributed by atoms with Crippen LogP contribution in [0.5, 0.6) is 0 Å². The van der Waals surface area contributed by atoms with E-state index in [2.05, 4.69) is 27.7 Å². The number of ether oxygens (including phenoxy) is 1. The fourth-order valence-electron chi connectivity index (χ4n) is 4.32. The number of carbonyl (C=O) groups is 2. The Bertz CT molecular complexity index is 863. The molecule has 0 radical (unpaired) electrons. The Morgan fingerprint density at radius 3 is 2.19 bits per heavy atom. The summed E-state index contributed by atoms with van der Waals surface area (Å²) in [6.45, 7) is 5.17. The van der Waals surface area contributed by atoms with Crippen LogP contribution in [-0.2, 0) is 9.53 Å². The van der Waals surface area contributed by atoms with Crippen LogP contribution in [0.4, 0.5) is 10.5 Å². The number of likely N-dealkylation sites (tertiary alicyclic amines) is 1.